The molecule has 1 aromatic rings. The summed E-state index contributed by atoms with van der Waals surface area (Å²) >= 11 is 0. The number of nitrogens with two attached hydrogens (primary N) is 1. The molecule has 2 aliphatic heterocycles. The van der Waals surface area contributed by atoms with Gasteiger partial charge in [-0.25, -0.2) is 18.2 Å². The third kappa shape index (κ3) is 4.11. The van der Waals surface area contributed by atoms with Gasteiger partial charge in [0.1, 0.15) is 23.1 Å². The number of hydrogen-bond donors (Lipinski definition) is 1. The van der Waals surface area contributed by atoms with Crippen molar-refractivity contribution in [2.75, 3.05) is 31.1 Å². The van der Waals surface area contributed by atoms with Crippen LogP contribution < -0.4 is 15.4 Å². The molecule has 29 heavy (non-hydrogen) atoms. The van der Waals surface area contributed by atoms with Gasteiger partial charge >= 0.3 is 0 Å². The monoisotopic (exact) mass is 412 g/mol. The second-order valence-electron chi connectivity index (χ2n) is 8.46. The number of anilines is 1. The number of likely N-dealkylation sites (tertiary alicyclic amines) is 1. The van der Waals surface area contributed by atoms with E-state index in [4.69, 9.17) is 10.5 Å². The van der Waals surface area contributed by atoms with Crippen LogP contribution >= 0.6 is 0 Å². The minimum absolute atomic E-state index is 0.118. The van der Waals surface area contributed by atoms with Gasteiger partial charge in [0, 0.05) is 6.42 Å². The first-order chi connectivity index (χ1) is 13.5. The number of ether oxygens (including phenoxy) is 1. The number of primary amides is 1. The summed E-state index contributed by atoms with van der Waals surface area (Å²) in [5, 5.41) is 0. The Hall–Kier alpha value is -2.52. The summed E-state index contributed by atoms with van der Waals surface area (Å²) in [6.07, 6.45) is 1.28. The number of aromatic nitrogens is 1. The Balaban J connectivity index is 1.58. The highest BCUT2D eigenvalue weighted by Gasteiger charge is 2.50. The molecule has 0 unspecified atom stereocenters. The molecule has 1 atom stereocenters. The van der Waals surface area contributed by atoms with Gasteiger partial charge in [0.15, 0.2) is 0 Å². The first-order valence-corrected chi connectivity index (χ1v) is 9.60. The third-order valence-corrected chi connectivity index (χ3v) is 5.45. The van der Waals surface area contributed by atoms with Crippen molar-refractivity contribution >= 4 is 17.5 Å². The summed E-state index contributed by atoms with van der Waals surface area (Å²) in [7, 11) is 0. The highest BCUT2D eigenvalue weighted by Crippen LogP contribution is 2.38. The highest BCUT2D eigenvalue weighted by atomic mass is 19.3. The standard InChI is InChI=1S/C19H23F3N4O3/c1-18(20)8-25(9-18)13-5-4-12(24-16(13)29-7-11-2-3-11)17(28)26-10-19(21,22)6-14(26)15(23)27/h4-5,11,14H,2-3,6-10H2,1H3,(H2,23,27)/t14-/m0/s1. The molecule has 3 heterocycles. The van der Waals surface area contributed by atoms with Gasteiger partial charge in [-0.2, -0.15) is 0 Å². The van der Waals surface area contributed by atoms with E-state index in [1.807, 2.05) is 0 Å². The lowest BCUT2D eigenvalue weighted by Gasteiger charge is -2.44. The SMILES string of the molecule is CC1(F)CN(c2ccc(C(=O)N3CC(F)(F)C[C@H]3C(N)=O)nc2OCC2CC2)C1. The normalized spacial score (nSPS) is 24.9. The van der Waals surface area contributed by atoms with E-state index in [0.29, 0.717) is 18.2 Å². The number of rotatable bonds is 6. The van der Waals surface area contributed by atoms with E-state index in [-0.39, 0.29) is 24.7 Å². The average Bonchev–Trinajstić information content (AvgIpc) is 3.38. The van der Waals surface area contributed by atoms with Gasteiger partial charge in [0.2, 0.25) is 11.8 Å². The maximum absolute atomic E-state index is 13.9. The topological polar surface area (TPSA) is 88.8 Å². The van der Waals surface area contributed by atoms with Gasteiger partial charge in [0.05, 0.1) is 26.2 Å². The lowest BCUT2D eigenvalue weighted by molar-refractivity contribution is -0.121. The molecule has 4 rings (SSSR count). The smallest absolute Gasteiger partial charge is 0.273 e. The summed E-state index contributed by atoms with van der Waals surface area (Å²) in [6.45, 7) is 1.36. The molecule has 7 nitrogen and oxygen atoms in total. The third-order valence-electron chi connectivity index (χ3n) is 5.45. The summed E-state index contributed by atoms with van der Waals surface area (Å²) in [4.78, 5) is 31.1. The Morgan fingerprint density at radius 3 is 2.52 bits per heavy atom. The van der Waals surface area contributed by atoms with E-state index in [2.05, 4.69) is 4.98 Å². The number of alkyl halides is 3. The summed E-state index contributed by atoms with van der Waals surface area (Å²) in [5.74, 6) is -4.40. The fraction of sp³-hybridized carbons (Fsp3) is 0.632. The molecule has 3 aliphatic rings. The van der Waals surface area contributed by atoms with Crippen LogP contribution in [0.5, 0.6) is 5.88 Å². The molecule has 0 aromatic carbocycles. The van der Waals surface area contributed by atoms with Crippen molar-refractivity contribution in [1.82, 2.24) is 9.88 Å². The molecule has 2 N–H and O–H groups in total. The highest BCUT2D eigenvalue weighted by molar-refractivity contribution is 5.97. The Labute approximate surface area is 166 Å². The summed E-state index contributed by atoms with van der Waals surface area (Å²) in [6, 6.07) is 1.56. The van der Waals surface area contributed by atoms with Crippen LogP contribution in [0.4, 0.5) is 18.9 Å². The number of carbonyl (C=O) groups is 2. The van der Waals surface area contributed by atoms with E-state index in [9.17, 15) is 22.8 Å². The molecule has 1 aliphatic carbocycles. The van der Waals surface area contributed by atoms with Crippen LogP contribution in [0.1, 0.15) is 36.7 Å². The Morgan fingerprint density at radius 1 is 1.24 bits per heavy atom. The predicted octanol–water partition coefficient (Wildman–Crippen LogP) is 1.75. The van der Waals surface area contributed by atoms with Crippen molar-refractivity contribution in [2.24, 2.45) is 11.7 Å². The molecule has 3 fully saturated rings. The van der Waals surface area contributed by atoms with Crippen molar-refractivity contribution in [1.29, 1.82) is 0 Å². The van der Waals surface area contributed by atoms with Gasteiger partial charge in [-0.1, -0.05) is 0 Å². The first-order valence-electron chi connectivity index (χ1n) is 9.60. The molecule has 2 saturated heterocycles. The maximum atomic E-state index is 13.9. The molecule has 1 saturated carbocycles. The van der Waals surface area contributed by atoms with Crippen LogP contribution in [-0.2, 0) is 4.79 Å². The van der Waals surface area contributed by atoms with E-state index < -0.39 is 42.4 Å². The quantitative estimate of drug-likeness (QED) is 0.769. The number of carbonyl (C=O) groups excluding carboxylic acids is 2. The van der Waals surface area contributed by atoms with Crippen LogP contribution in [-0.4, -0.2) is 65.6 Å². The van der Waals surface area contributed by atoms with Crippen LogP contribution in [0, 0.1) is 5.92 Å². The van der Waals surface area contributed by atoms with Gasteiger partial charge in [-0.3, -0.25) is 9.59 Å². The van der Waals surface area contributed by atoms with Gasteiger partial charge in [-0.05, 0) is 37.8 Å². The van der Waals surface area contributed by atoms with Crippen molar-refractivity contribution in [3.8, 4) is 5.88 Å². The molecule has 0 spiro atoms. The Kier molecular flexibility index (Phi) is 4.62. The zero-order chi connectivity index (χ0) is 21.0. The second-order valence-corrected chi connectivity index (χ2v) is 8.46. The summed E-state index contributed by atoms with van der Waals surface area (Å²) < 4.78 is 47.3. The molecule has 10 heteroatoms. The number of halogens is 3. The van der Waals surface area contributed by atoms with Crippen LogP contribution in [0.3, 0.4) is 0 Å². The van der Waals surface area contributed by atoms with Crippen LogP contribution in [0.15, 0.2) is 12.1 Å². The maximum Gasteiger partial charge on any atom is 0.273 e. The zero-order valence-electron chi connectivity index (χ0n) is 16.0. The lowest BCUT2D eigenvalue weighted by atomic mass is 9.98. The van der Waals surface area contributed by atoms with Crippen LogP contribution in [0.25, 0.3) is 0 Å². The van der Waals surface area contributed by atoms with Gasteiger partial charge in [-0.15, -0.1) is 0 Å². The average molecular weight is 412 g/mol. The van der Waals surface area contributed by atoms with Crippen molar-refractivity contribution in [2.45, 2.75) is 43.8 Å². The van der Waals surface area contributed by atoms with Crippen molar-refractivity contribution in [3.05, 3.63) is 17.8 Å². The van der Waals surface area contributed by atoms with Gasteiger partial charge < -0.3 is 20.3 Å². The van der Waals surface area contributed by atoms with E-state index in [1.165, 1.54) is 13.0 Å². The Morgan fingerprint density at radius 2 is 1.93 bits per heavy atom. The fourth-order valence-electron chi connectivity index (χ4n) is 3.73. The minimum Gasteiger partial charge on any atom is -0.476 e. The lowest BCUT2D eigenvalue weighted by Crippen LogP contribution is -2.57. The minimum atomic E-state index is -3.19. The van der Waals surface area contributed by atoms with E-state index in [0.717, 1.165) is 17.7 Å². The molecule has 158 valence electrons. The van der Waals surface area contributed by atoms with Gasteiger partial charge in [0.25, 0.3) is 11.8 Å². The zero-order valence-corrected chi connectivity index (χ0v) is 16.0. The van der Waals surface area contributed by atoms with E-state index in [1.54, 1.807) is 11.0 Å². The predicted molar refractivity (Wildman–Crippen MR) is 97.8 cm³/mol. The molecule has 2 amide bonds. The molecular formula is C19H23F3N4O3. The van der Waals surface area contributed by atoms with E-state index >= 15 is 0 Å². The Bertz CT molecular complexity index is 836. The molecule has 0 radical (unpaired) electrons. The molecule has 1 aromatic heterocycles. The van der Waals surface area contributed by atoms with Crippen molar-refractivity contribution < 1.29 is 27.5 Å². The number of hydrogen-bond acceptors (Lipinski definition) is 5. The first kappa shape index (κ1) is 19.8. The fourth-order valence-corrected chi connectivity index (χ4v) is 3.73. The van der Waals surface area contributed by atoms with Crippen molar-refractivity contribution in [3.63, 3.8) is 0 Å². The molecule has 0 bridgehead atoms. The molecular weight excluding hydrogens is 389 g/mol. The van der Waals surface area contributed by atoms with Crippen LogP contribution in [0.2, 0.25) is 0 Å². The number of amides is 2. The largest absolute Gasteiger partial charge is 0.476 e. The number of pyridine rings is 1. The number of nitrogens with zero attached hydrogens (tertiary/aromatic N) is 3. The second kappa shape index (κ2) is 6.77. The summed E-state index contributed by atoms with van der Waals surface area (Å²) in [5.41, 5.74) is 4.33.